The van der Waals surface area contributed by atoms with Gasteiger partial charge in [0.05, 0.1) is 12.8 Å². The zero-order chi connectivity index (χ0) is 23.0. The lowest BCUT2D eigenvalue weighted by molar-refractivity contribution is -0.141. The van der Waals surface area contributed by atoms with E-state index in [0.29, 0.717) is 17.4 Å². The number of aliphatic hydroxyl groups excluding tert-OH is 2. The lowest BCUT2D eigenvalue weighted by atomic mass is 10.1. The Hall–Kier alpha value is -1.98. The van der Waals surface area contributed by atoms with Gasteiger partial charge in [0.1, 0.15) is 11.9 Å². The first-order chi connectivity index (χ1) is 14.7. The fourth-order valence-electron chi connectivity index (χ4n) is 3.40. The summed E-state index contributed by atoms with van der Waals surface area (Å²) >= 11 is 0. The van der Waals surface area contributed by atoms with Crippen molar-refractivity contribution in [3.8, 4) is 0 Å². The zero-order valence-corrected chi connectivity index (χ0v) is 17.5. The summed E-state index contributed by atoms with van der Waals surface area (Å²) in [7, 11) is 0. The minimum Gasteiger partial charge on any atom is -0.394 e. The molecule has 0 aromatic carbocycles. The van der Waals surface area contributed by atoms with E-state index in [-0.39, 0.29) is 18.1 Å². The van der Waals surface area contributed by atoms with Crippen molar-refractivity contribution in [1.82, 2.24) is 9.55 Å². The zero-order valence-electron chi connectivity index (χ0n) is 17.5. The highest BCUT2D eigenvalue weighted by Gasteiger charge is 2.59. The molecular weight excluding hydrogens is 419 g/mol. The second-order valence-corrected chi connectivity index (χ2v) is 7.82. The summed E-state index contributed by atoms with van der Waals surface area (Å²) in [6, 6.07) is 1.18. The molecule has 1 aliphatic heterocycles. The van der Waals surface area contributed by atoms with Gasteiger partial charge in [0, 0.05) is 12.6 Å². The first-order valence-corrected chi connectivity index (χ1v) is 10.5. The molecule has 176 valence electrons. The molecule has 1 fully saturated rings. The lowest BCUT2D eigenvalue weighted by Crippen LogP contribution is -2.41. The average molecular weight is 449 g/mol. The van der Waals surface area contributed by atoms with Gasteiger partial charge in [-0.3, -0.25) is 9.36 Å². The number of alkyl halides is 3. The number of hydrogen-bond acceptors (Lipinski definition) is 6. The number of nitrogens with one attached hydrogen (secondary N) is 1. The quantitative estimate of drug-likeness (QED) is 0.423. The molecule has 1 aliphatic rings. The Labute approximate surface area is 178 Å². The van der Waals surface area contributed by atoms with E-state index in [4.69, 9.17) is 9.84 Å². The van der Waals surface area contributed by atoms with Crippen LogP contribution in [0.2, 0.25) is 0 Å². The third kappa shape index (κ3) is 7.01. The predicted octanol–water partition coefficient (Wildman–Crippen LogP) is 2.55. The molecule has 1 aromatic heterocycles. The number of anilines is 1. The van der Waals surface area contributed by atoms with Crippen molar-refractivity contribution in [3.63, 3.8) is 0 Å². The molecule has 31 heavy (non-hydrogen) atoms. The Bertz CT molecular complexity index is 775. The number of carbonyl (C=O) groups is 1. The van der Waals surface area contributed by atoms with Crippen molar-refractivity contribution >= 4 is 11.7 Å². The van der Waals surface area contributed by atoms with Crippen molar-refractivity contribution in [1.29, 1.82) is 0 Å². The van der Waals surface area contributed by atoms with E-state index in [1.165, 1.54) is 6.07 Å². The van der Waals surface area contributed by atoms with Gasteiger partial charge in [-0.1, -0.05) is 32.1 Å². The normalized spacial score (nSPS) is 23.6. The minimum atomic E-state index is -3.80. The van der Waals surface area contributed by atoms with Gasteiger partial charge in [-0.25, -0.2) is 9.18 Å². The number of unbranched alkanes of at least 4 members (excludes halogenated alkanes) is 5. The maximum atomic E-state index is 14.2. The first-order valence-electron chi connectivity index (χ1n) is 10.5. The van der Waals surface area contributed by atoms with Gasteiger partial charge >= 0.3 is 11.6 Å². The van der Waals surface area contributed by atoms with Crippen LogP contribution in [0.4, 0.5) is 19.0 Å². The molecule has 0 bridgehead atoms. The standard InChI is InChI=1S/C20H30F3N3O5/c1-13(21)8-6-4-2-3-5-7-9-16(28)24-15-10-11-26(19(30)25-15)18-20(22,23)17(29)14(12-27)31-18/h10-11,13-14,17-18,27,29H,2-9,12H2,1H3,(H,24,25,28,30)/t13?,14-,17-,18-/m1/s1. The Balaban J connectivity index is 1.79. The Kier molecular flexibility index (Phi) is 9.45. The SMILES string of the molecule is CC(F)CCCCCCCCC(=O)Nc1ccn([C@@H]2O[C@H](CO)[C@@H](O)C2(F)F)c(=O)n1. The summed E-state index contributed by atoms with van der Waals surface area (Å²) in [6.45, 7) is 0.713. The Morgan fingerprint density at radius 1 is 1.29 bits per heavy atom. The molecule has 2 heterocycles. The van der Waals surface area contributed by atoms with Crippen molar-refractivity contribution in [2.75, 3.05) is 11.9 Å². The fourth-order valence-corrected chi connectivity index (χ4v) is 3.40. The fraction of sp³-hybridized carbons (Fsp3) is 0.750. The van der Waals surface area contributed by atoms with Crippen LogP contribution in [0.15, 0.2) is 17.1 Å². The molecule has 0 aliphatic carbocycles. The van der Waals surface area contributed by atoms with Gasteiger partial charge in [0.15, 0.2) is 6.10 Å². The van der Waals surface area contributed by atoms with Crippen LogP contribution in [0.25, 0.3) is 0 Å². The number of aromatic nitrogens is 2. The number of hydrogen-bond donors (Lipinski definition) is 3. The number of carbonyl (C=O) groups excluding carboxylic acids is 1. The van der Waals surface area contributed by atoms with Gasteiger partial charge in [-0.15, -0.1) is 0 Å². The van der Waals surface area contributed by atoms with Gasteiger partial charge < -0.3 is 20.3 Å². The summed E-state index contributed by atoms with van der Waals surface area (Å²) in [5, 5.41) is 21.0. The molecule has 11 heteroatoms. The van der Waals surface area contributed by atoms with Crippen LogP contribution in [-0.4, -0.2) is 56.6 Å². The van der Waals surface area contributed by atoms with Crippen molar-refractivity contribution in [3.05, 3.63) is 22.7 Å². The molecule has 2 rings (SSSR count). The highest BCUT2D eigenvalue weighted by atomic mass is 19.3. The highest BCUT2D eigenvalue weighted by molar-refractivity contribution is 5.89. The van der Waals surface area contributed by atoms with Crippen LogP contribution in [0.5, 0.6) is 0 Å². The number of halogens is 3. The highest BCUT2D eigenvalue weighted by Crippen LogP contribution is 2.41. The molecule has 1 aromatic rings. The number of rotatable bonds is 12. The van der Waals surface area contributed by atoms with Crippen molar-refractivity contribution in [2.24, 2.45) is 0 Å². The summed E-state index contributed by atoms with van der Waals surface area (Å²) in [4.78, 5) is 27.7. The summed E-state index contributed by atoms with van der Waals surface area (Å²) in [5.74, 6) is -4.23. The first kappa shape index (κ1) is 25.3. The van der Waals surface area contributed by atoms with E-state index in [1.807, 2.05) is 0 Å². The van der Waals surface area contributed by atoms with Crippen LogP contribution in [0.3, 0.4) is 0 Å². The van der Waals surface area contributed by atoms with E-state index >= 15 is 0 Å². The number of amides is 1. The largest absolute Gasteiger partial charge is 0.394 e. The molecule has 3 N–H and O–H groups in total. The lowest BCUT2D eigenvalue weighted by Gasteiger charge is -2.21. The van der Waals surface area contributed by atoms with E-state index in [2.05, 4.69) is 10.3 Å². The molecule has 4 atom stereocenters. The second kappa shape index (κ2) is 11.6. The third-order valence-electron chi connectivity index (χ3n) is 5.17. The molecule has 0 saturated carbocycles. The minimum absolute atomic E-state index is 0.0767. The molecule has 1 saturated heterocycles. The molecule has 1 amide bonds. The van der Waals surface area contributed by atoms with Gasteiger partial charge in [0.25, 0.3) is 0 Å². The second-order valence-electron chi connectivity index (χ2n) is 7.82. The average Bonchev–Trinajstić information content (AvgIpc) is 2.93. The van der Waals surface area contributed by atoms with Gasteiger partial charge in [0.2, 0.25) is 12.1 Å². The summed E-state index contributed by atoms with van der Waals surface area (Å²) < 4.78 is 46.4. The number of aliphatic hydroxyl groups is 2. The van der Waals surface area contributed by atoms with Crippen LogP contribution in [0.1, 0.15) is 64.5 Å². The molecule has 8 nitrogen and oxygen atoms in total. The molecular formula is C20H30F3N3O5. The van der Waals surface area contributed by atoms with Crippen molar-refractivity contribution < 1.29 is 32.9 Å². The monoisotopic (exact) mass is 449 g/mol. The predicted molar refractivity (Wildman–Crippen MR) is 107 cm³/mol. The van der Waals surface area contributed by atoms with Crippen molar-refractivity contribution in [2.45, 2.75) is 88.8 Å². The van der Waals surface area contributed by atoms with Crippen LogP contribution >= 0.6 is 0 Å². The number of ether oxygens (including phenoxy) is 1. The van der Waals surface area contributed by atoms with E-state index in [9.17, 15) is 27.9 Å². The van der Waals surface area contributed by atoms with Gasteiger partial charge in [-0.05, 0) is 25.8 Å². The van der Waals surface area contributed by atoms with E-state index in [0.717, 1.165) is 38.3 Å². The Morgan fingerprint density at radius 2 is 1.94 bits per heavy atom. The van der Waals surface area contributed by atoms with E-state index < -0.39 is 42.8 Å². The Morgan fingerprint density at radius 3 is 2.52 bits per heavy atom. The maximum absolute atomic E-state index is 14.2. The summed E-state index contributed by atoms with van der Waals surface area (Å²) in [6.07, 6.45) is 0.333. The molecule has 0 radical (unpaired) electrons. The van der Waals surface area contributed by atoms with E-state index in [1.54, 1.807) is 6.92 Å². The van der Waals surface area contributed by atoms with Crippen LogP contribution < -0.4 is 11.0 Å². The summed E-state index contributed by atoms with van der Waals surface area (Å²) in [5.41, 5.74) is -1.09. The molecule has 1 unspecified atom stereocenters. The smallest absolute Gasteiger partial charge is 0.351 e. The number of nitrogens with zero attached hydrogens (tertiary/aromatic N) is 2. The van der Waals surface area contributed by atoms with Crippen LogP contribution in [0, 0.1) is 0 Å². The molecule has 0 spiro atoms. The van der Waals surface area contributed by atoms with Crippen LogP contribution in [-0.2, 0) is 9.53 Å². The third-order valence-corrected chi connectivity index (χ3v) is 5.17. The maximum Gasteiger partial charge on any atom is 0.351 e. The van der Waals surface area contributed by atoms with Gasteiger partial charge in [-0.2, -0.15) is 13.8 Å². The topological polar surface area (TPSA) is 114 Å².